The van der Waals surface area contributed by atoms with E-state index in [9.17, 15) is 4.79 Å². The fourth-order valence-electron chi connectivity index (χ4n) is 5.17. The summed E-state index contributed by atoms with van der Waals surface area (Å²) in [5.74, 6) is 1.80. The van der Waals surface area contributed by atoms with Crippen molar-refractivity contribution in [1.82, 2.24) is 24.7 Å². The Labute approximate surface area is 228 Å². The SMILES string of the molecule is COc1cc2c(cc1Nc1ncnc3sc4c(c13)CC[C@H](C(=O)N(C)CCN(C)CCN(C)C)C4)C=NC2. The van der Waals surface area contributed by atoms with Gasteiger partial charge < -0.3 is 24.8 Å². The van der Waals surface area contributed by atoms with Crippen molar-refractivity contribution < 1.29 is 9.53 Å². The Morgan fingerprint density at radius 1 is 1.13 bits per heavy atom. The quantitative estimate of drug-likeness (QED) is 0.426. The van der Waals surface area contributed by atoms with Crippen LogP contribution in [0.5, 0.6) is 5.75 Å². The van der Waals surface area contributed by atoms with Crippen LogP contribution in [-0.2, 0) is 24.2 Å². The molecule has 1 atom stereocenters. The summed E-state index contributed by atoms with van der Waals surface area (Å²) in [6.07, 6.45) is 5.95. The van der Waals surface area contributed by atoms with E-state index in [-0.39, 0.29) is 11.8 Å². The fourth-order valence-corrected chi connectivity index (χ4v) is 6.44. The molecule has 1 aromatic carbocycles. The molecule has 2 aliphatic rings. The first-order chi connectivity index (χ1) is 18.3. The second-order valence-electron chi connectivity index (χ2n) is 10.6. The van der Waals surface area contributed by atoms with Gasteiger partial charge in [0.25, 0.3) is 0 Å². The molecule has 1 aliphatic heterocycles. The van der Waals surface area contributed by atoms with Crippen LogP contribution in [0.3, 0.4) is 0 Å². The van der Waals surface area contributed by atoms with Gasteiger partial charge in [-0.1, -0.05) is 0 Å². The Kier molecular flexibility index (Phi) is 7.92. The third-order valence-corrected chi connectivity index (χ3v) is 8.69. The first-order valence-electron chi connectivity index (χ1n) is 13.1. The minimum atomic E-state index is 0.00750. The highest BCUT2D eigenvalue weighted by Gasteiger charge is 2.31. The highest BCUT2D eigenvalue weighted by atomic mass is 32.1. The molecular formula is C28H37N7O2S. The summed E-state index contributed by atoms with van der Waals surface area (Å²) in [7, 11) is 9.90. The first-order valence-corrected chi connectivity index (χ1v) is 14.0. The zero-order chi connectivity index (χ0) is 26.8. The topological polar surface area (TPSA) is 86.2 Å². The zero-order valence-corrected chi connectivity index (χ0v) is 23.8. The molecule has 1 amide bonds. The van der Waals surface area contributed by atoms with Gasteiger partial charge in [0, 0.05) is 50.2 Å². The molecule has 0 fully saturated rings. The number of fused-ring (bicyclic) bond motifs is 4. The standard InChI is InChI=1S/C28H37N7O2S/c1-33(2)8-9-34(3)10-11-35(4)28(36)18-6-7-21-24(14-18)38-27-25(21)26(30-17-31-27)32-22-12-19-15-29-16-20(19)13-23(22)37-5/h12-13,15,17-18H,6-11,14,16H2,1-5H3,(H,30,31,32)/t18-/m0/s1. The highest BCUT2D eigenvalue weighted by molar-refractivity contribution is 7.19. The van der Waals surface area contributed by atoms with Crippen LogP contribution in [-0.4, -0.2) is 98.3 Å². The van der Waals surface area contributed by atoms with E-state index < -0.39 is 0 Å². The van der Waals surface area contributed by atoms with Crippen molar-refractivity contribution in [3.8, 4) is 5.75 Å². The number of hydrogen-bond donors (Lipinski definition) is 1. The summed E-state index contributed by atoms with van der Waals surface area (Å²) in [5.41, 5.74) is 4.39. The number of carbonyl (C=O) groups is 1. The summed E-state index contributed by atoms with van der Waals surface area (Å²) in [6.45, 7) is 4.31. The van der Waals surface area contributed by atoms with Gasteiger partial charge in [-0.25, -0.2) is 9.97 Å². The fraction of sp³-hybridized carbons (Fsp3) is 0.500. The molecule has 0 saturated heterocycles. The first kappa shape index (κ1) is 26.5. The lowest BCUT2D eigenvalue weighted by molar-refractivity contribution is -0.134. The Balaban J connectivity index is 1.30. The van der Waals surface area contributed by atoms with Gasteiger partial charge in [0.1, 0.15) is 22.7 Å². The van der Waals surface area contributed by atoms with Crippen LogP contribution in [0.2, 0.25) is 0 Å². The van der Waals surface area contributed by atoms with Gasteiger partial charge in [-0.3, -0.25) is 9.79 Å². The Morgan fingerprint density at radius 2 is 1.95 bits per heavy atom. The van der Waals surface area contributed by atoms with Crippen LogP contribution >= 0.6 is 11.3 Å². The maximum atomic E-state index is 13.3. The number of likely N-dealkylation sites (N-methyl/N-ethyl adjacent to an activating group) is 3. The van der Waals surface area contributed by atoms with E-state index >= 15 is 0 Å². The van der Waals surface area contributed by atoms with Crippen molar-refractivity contribution >= 4 is 45.2 Å². The number of nitrogens with one attached hydrogen (secondary N) is 1. The van der Waals surface area contributed by atoms with Crippen molar-refractivity contribution in [2.75, 3.05) is 66.8 Å². The van der Waals surface area contributed by atoms with Crippen LogP contribution in [0.1, 0.15) is 28.0 Å². The van der Waals surface area contributed by atoms with E-state index in [0.717, 1.165) is 84.0 Å². The molecule has 0 bridgehead atoms. The number of benzene rings is 1. The largest absolute Gasteiger partial charge is 0.495 e. The van der Waals surface area contributed by atoms with Crippen molar-refractivity contribution in [2.24, 2.45) is 10.9 Å². The molecule has 1 aliphatic carbocycles. The van der Waals surface area contributed by atoms with Crippen molar-refractivity contribution in [3.63, 3.8) is 0 Å². The van der Waals surface area contributed by atoms with E-state index in [1.165, 1.54) is 10.4 Å². The normalized spacial score (nSPS) is 16.2. The number of carbonyl (C=O) groups excluding carboxylic acids is 1. The number of aryl methyl sites for hydroxylation is 1. The number of aliphatic imine (C=N–C) groups is 1. The summed E-state index contributed by atoms with van der Waals surface area (Å²) in [4.78, 5) is 35.5. The Bertz CT molecular complexity index is 1350. The van der Waals surface area contributed by atoms with Crippen LogP contribution in [0.25, 0.3) is 10.2 Å². The minimum Gasteiger partial charge on any atom is -0.495 e. The number of anilines is 2. The Hall–Kier alpha value is -3.08. The number of rotatable bonds is 10. The zero-order valence-electron chi connectivity index (χ0n) is 23.0. The molecule has 5 rings (SSSR count). The molecule has 0 unspecified atom stereocenters. The maximum Gasteiger partial charge on any atom is 0.225 e. The second-order valence-corrected chi connectivity index (χ2v) is 11.6. The third-order valence-electron chi connectivity index (χ3n) is 7.52. The van der Waals surface area contributed by atoms with Gasteiger partial charge >= 0.3 is 0 Å². The Morgan fingerprint density at radius 3 is 2.74 bits per heavy atom. The van der Waals surface area contributed by atoms with Crippen LogP contribution in [0.15, 0.2) is 23.5 Å². The number of methoxy groups -OCH3 is 1. The van der Waals surface area contributed by atoms with Gasteiger partial charge in [-0.05, 0) is 69.2 Å². The summed E-state index contributed by atoms with van der Waals surface area (Å²) in [5, 5.41) is 4.58. The van der Waals surface area contributed by atoms with Crippen LogP contribution in [0.4, 0.5) is 11.5 Å². The lowest BCUT2D eigenvalue weighted by atomic mass is 9.87. The molecule has 9 nitrogen and oxygen atoms in total. The van der Waals surface area contributed by atoms with E-state index in [4.69, 9.17) is 4.74 Å². The van der Waals surface area contributed by atoms with E-state index in [2.05, 4.69) is 57.3 Å². The molecule has 38 heavy (non-hydrogen) atoms. The summed E-state index contributed by atoms with van der Waals surface area (Å²) < 4.78 is 5.66. The van der Waals surface area contributed by atoms with Crippen molar-refractivity contribution in [1.29, 1.82) is 0 Å². The lowest BCUT2D eigenvalue weighted by Crippen LogP contribution is -2.40. The predicted octanol–water partition coefficient (Wildman–Crippen LogP) is 3.43. The molecule has 3 heterocycles. The van der Waals surface area contributed by atoms with Crippen molar-refractivity contribution in [2.45, 2.75) is 25.8 Å². The van der Waals surface area contributed by atoms with Crippen LogP contribution < -0.4 is 10.1 Å². The van der Waals surface area contributed by atoms with Crippen molar-refractivity contribution in [3.05, 3.63) is 40.0 Å². The molecular weight excluding hydrogens is 498 g/mol. The van der Waals surface area contributed by atoms with E-state index in [1.807, 2.05) is 24.2 Å². The predicted molar refractivity (Wildman–Crippen MR) is 154 cm³/mol. The smallest absolute Gasteiger partial charge is 0.225 e. The number of ether oxygens (including phenoxy) is 1. The molecule has 1 N–H and O–H groups in total. The third kappa shape index (κ3) is 5.52. The van der Waals surface area contributed by atoms with Gasteiger partial charge in [0.2, 0.25) is 5.91 Å². The number of aromatic nitrogens is 2. The summed E-state index contributed by atoms with van der Waals surface area (Å²) in [6, 6.07) is 4.11. The minimum absolute atomic E-state index is 0.00750. The summed E-state index contributed by atoms with van der Waals surface area (Å²) >= 11 is 1.69. The van der Waals surface area contributed by atoms with Gasteiger partial charge in [0.05, 0.1) is 24.7 Å². The molecule has 0 spiro atoms. The number of amides is 1. The number of hydrogen-bond acceptors (Lipinski definition) is 9. The molecule has 202 valence electrons. The molecule has 10 heteroatoms. The number of nitrogens with zero attached hydrogens (tertiary/aromatic N) is 6. The van der Waals surface area contributed by atoms with Gasteiger partial charge in [0.15, 0.2) is 0 Å². The average molecular weight is 536 g/mol. The number of thiophene rings is 1. The van der Waals surface area contributed by atoms with Gasteiger partial charge in [-0.2, -0.15) is 0 Å². The lowest BCUT2D eigenvalue weighted by Gasteiger charge is -2.28. The average Bonchev–Trinajstić information content (AvgIpc) is 3.53. The highest BCUT2D eigenvalue weighted by Crippen LogP contribution is 2.42. The van der Waals surface area contributed by atoms with E-state index in [0.29, 0.717) is 6.54 Å². The molecule has 3 aromatic rings. The molecule has 2 aromatic heterocycles. The van der Waals surface area contributed by atoms with Gasteiger partial charge in [-0.15, -0.1) is 11.3 Å². The second kappa shape index (κ2) is 11.3. The van der Waals surface area contributed by atoms with Crippen LogP contribution in [0, 0.1) is 5.92 Å². The monoisotopic (exact) mass is 535 g/mol. The molecule has 0 saturated carbocycles. The van der Waals surface area contributed by atoms with E-state index in [1.54, 1.807) is 24.8 Å². The maximum absolute atomic E-state index is 13.3. The molecule has 0 radical (unpaired) electrons.